The van der Waals surface area contributed by atoms with Gasteiger partial charge >= 0.3 is 0 Å². The second-order valence-electron chi connectivity index (χ2n) is 18.7. The monoisotopic (exact) mass is 919 g/mol. The first-order valence-electron chi connectivity index (χ1n) is 24.2. The molecule has 0 aliphatic heterocycles. The van der Waals surface area contributed by atoms with Gasteiger partial charge in [0.1, 0.15) is 22.4 Å². The van der Waals surface area contributed by atoms with Gasteiger partial charge in [0.05, 0.1) is 22.1 Å². The smallest absolute Gasteiger partial charge is 0.166 e. The van der Waals surface area contributed by atoms with E-state index in [-0.39, 0.29) is 0 Å². The largest absolute Gasteiger partial charge is 0.456 e. The third-order valence-electron chi connectivity index (χ3n) is 14.7. The zero-order valence-corrected chi connectivity index (χ0v) is 38.4. The third-order valence-corrected chi connectivity index (χ3v) is 14.7. The van der Waals surface area contributed by atoms with Crippen molar-refractivity contribution in [1.82, 2.24) is 24.1 Å². The van der Waals surface area contributed by atoms with E-state index in [1.807, 2.05) is 30.3 Å². The molecule has 16 aromatic rings. The number of para-hydroxylation sites is 4. The van der Waals surface area contributed by atoms with Crippen LogP contribution in [0.3, 0.4) is 0 Å². The maximum atomic E-state index is 7.07. The van der Waals surface area contributed by atoms with Gasteiger partial charge in [0.25, 0.3) is 0 Å². The molecule has 0 atom stereocenters. The third kappa shape index (κ3) is 5.70. The molecule has 7 heteroatoms. The highest BCUT2D eigenvalue weighted by Gasteiger charge is 2.26. The van der Waals surface area contributed by atoms with Crippen molar-refractivity contribution in [2.45, 2.75) is 0 Å². The Kier molecular flexibility index (Phi) is 8.04. The minimum atomic E-state index is 0.514. The number of fused-ring (bicyclic) bond motifs is 14. The van der Waals surface area contributed by atoms with E-state index in [0.29, 0.717) is 17.5 Å². The van der Waals surface area contributed by atoms with E-state index in [4.69, 9.17) is 23.8 Å². The first-order valence-corrected chi connectivity index (χ1v) is 24.2. The van der Waals surface area contributed by atoms with Crippen LogP contribution in [0.2, 0.25) is 0 Å². The van der Waals surface area contributed by atoms with E-state index in [9.17, 15) is 0 Å². The van der Waals surface area contributed by atoms with Crippen LogP contribution in [0.5, 0.6) is 0 Å². The lowest BCUT2D eigenvalue weighted by Crippen LogP contribution is -2.04. The Labute approximate surface area is 410 Å². The summed E-state index contributed by atoms with van der Waals surface area (Å²) >= 11 is 0. The topological polar surface area (TPSA) is 74.8 Å². The van der Waals surface area contributed by atoms with Crippen LogP contribution in [0.4, 0.5) is 0 Å². The zero-order chi connectivity index (χ0) is 47.0. The summed E-state index contributed by atoms with van der Waals surface area (Å²) in [7, 11) is 0. The lowest BCUT2D eigenvalue weighted by molar-refractivity contribution is 0.666. The maximum absolute atomic E-state index is 7.07. The molecule has 7 nitrogen and oxygen atoms in total. The molecule has 11 aromatic carbocycles. The summed E-state index contributed by atoms with van der Waals surface area (Å²) in [5.41, 5.74) is 11.9. The summed E-state index contributed by atoms with van der Waals surface area (Å²) < 4.78 is 18.3. The minimum absolute atomic E-state index is 0.514. The fourth-order valence-corrected chi connectivity index (χ4v) is 11.4. The zero-order valence-electron chi connectivity index (χ0n) is 38.4. The standard InChI is InChI=1S/C65H37N5O2/c1-2-18-44(19-3-1)69-54-23-11-8-20-45(54)51-34-42(27-31-55(51)69)63-66-64(43-26-28-48-46-21-9-12-24-58(46)71-60(48)37-43)68-65(67-63)50-30-29-49-47-22-10-13-25-59(47)72-62(49)61(50)70-56-35-40-16-6-4-14-38(40)32-52(56)53-33-39-15-5-7-17-41(39)36-57(53)70/h1-37H. The number of aromatic nitrogens is 5. The van der Waals surface area contributed by atoms with Crippen molar-refractivity contribution < 1.29 is 8.83 Å². The number of nitrogens with zero attached hydrogens (tertiary/aromatic N) is 5. The molecule has 0 N–H and O–H groups in total. The number of rotatable bonds is 5. The van der Waals surface area contributed by atoms with E-state index >= 15 is 0 Å². The van der Waals surface area contributed by atoms with Crippen molar-refractivity contribution >= 4 is 109 Å². The van der Waals surface area contributed by atoms with Gasteiger partial charge < -0.3 is 18.0 Å². The average molecular weight is 920 g/mol. The van der Waals surface area contributed by atoms with Gasteiger partial charge in [-0.3, -0.25) is 0 Å². The Balaban J connectivity index is 1.01. The predicted octanol–water partition coefficient (Wildman–Crippen LogP) is 17.2. The average Bonchev–Trinajstić information content (AvgIpc) is 4.19. The van der Waals surface area contributed by atoms with Crippen molar-refractivity contribution in [2.24, 2.45) is 0 Å². The van der Waals surface area contributed by atoms with Crippen LogP contribution in [0, 0.1) is 0 Å². The molecule has 0 aliphatic rings. The Morgan fingerprint density at radius 2 is 0.792 bits per heavy atom. The molecular weight excluding hydrogens is 883 g/mol. The molecule has 5 heterocycles. The Hall–Kier alpha value is -9.85. The van der Waals surface area contributed by atoms with Crippen molar-refractivity contribution in [1.29, 1.82) is 0 Å². The number of hydrogen-bond acceptors (Lipinski definition) is 5. The first kappa shape index (κ1) is 39.0. The van der Waals surface area contributed by atoms with Gasteiger partial charge in [-0.15, -0.1) is 0 Å². The number of benzene rings is 11. The molecule has 5 aromatic heterocycles. The SMILES string of the molecule is c1ccc(-n2c3ccccc3c3cc(-c4nc(-c5ccc6c(c5)oc5ccccc56)nc(-c5ccc6c(oc7ccccc76)c5-n5c6cc7ccccc7cc6c6cc7ccccc7cc65)n4)ccc32)cc1. The fraction of sp³-hybridized carbons (Fsp3) is 0. The molecular formula is C65H37N5O2. The van der Waals surface area contributed by atoms with Gasteiger partial charge in [0.15, 0.2) is 23.1 Å². The summed E-state index contributed by atoms with van der Waals surface area (Å²) in [4.78, 5) is 16.4. The highest BCUT2D eigenvalue weighted by Crippen LogP contribution is 2.45. The van der Waals surface area contributed by atoms with E-state index in [1.54, 1.807) is 0 Å². The Bertz CT molecular complexity index is 4850. The van der Waals surface area contributed by atoms with Crippen molar-refractivity contribution in [3.05, 3.63) is 224 Å². The van der Waals surface area contributed by atoms with E-state index in [1.165, 1.54) is 10.8 Å². The van der Waals surface area contributed by atoms with Gasteiger partial charge in [-0.2, -0.15) is 0 Å². The van der Waals surface area contributed by atoms with Gasteiger partial charge in [0.2, 0.25) is 0 Å². The molecule has 0 saturated carbocycles. The molecule has 0 fully saturated rings. The molecule has 0 spiro atoms. The molecule has 0 unspecified atom stereocenters. The van der Waals surface area contributed by atoms with Crippen LogP contribution in [0.1, 0.15) is 0 Å². The normalized spacial score (nSPS) is 12.2. The maximum Gasteiger partial charge on any atom is 0.166 e. The van der Waals surface area contributed by atoms with Crippen molar-refractivity contribution in [2.75, 3.05) is 0 Å². The van der Waals surface area contributed by atoms with E-state index in [0.717, 1.165) is 126 Å². The van der Waals surface area contributed by atoms with Crippen LogP contribution < -0.4 is 0 Å². The van der Waals surface area contributed by atoms with Gasteiger partial charge in [0, 0.05) is 65.5 Å². The number of furan rings is 2. The van der Waals surface area contributed by atoms with Crippen LogP contribution >= 0.6 is 0 Å². The lowest BCUT2D eigenvalue weighted by Gasteiger charge is -2.16. The molecule has 334 valence electrons. The summed E-state index contributed by atoms with van der Waals surface area (Å²) in [6, 6.07) is 79.2. The highest BCUT2D eigenvalue weighted by molar-refractivity contribution is 6.19. The number of hydrogen-bond donors (Lipinski definition) is 0. The lowest BCUT2D eigenvalue weighted by atomic mass is 10.0. The molecule has 0 aliphatic carbocycles. The molecule has 72 heavy (non-hydrogen) atoms. The second kappa shape index (κ2) is 14.8. The summed E-state index contributed by atoms with van der Waals surface area (Å²) in [5.74, 6) is 1.59. The highest BCUT2D eigenvalue weighted by atomic mass is 16.3. The van der Waals surface area contributed by atoms with Gasteiger partial charge in [-0.1, -0.05) is 127 Å². The quantitative estimate of drug-likeness (QED) is 0.172. The van der Waals surface area contributed by atoms with Gasteiger partial charge in [-0.25, -0.2) is 15.0 Å². The fourth-order valence-electron chi connectivity index (χ4n) is 11.4. The summed E-state index contributed by atoms with van der Waals surface area (Å²) in [6.07, 6.45) is 0. The second-order valence-corrected chi connectivity index (χ2v) is 18.7. The van der Waals surface area contributed by atoms with Crippen molar-refractivity contribution in [3.8, 4) is 45.5 Å². The molecule has 0 saturated heterocycles. The van der Waals surface area contributed by atoms with Crippen LogP contribution in [0.25, 0.3) is 155 Å². The van der Waals surface area contributed by atoms with Crippen LogP contribution in [0.15, 0.2) is 233 Å². The van der Waals surface area contributed by atoms with Crippen molar-refractivity contribution in [3.63, 3.8) is 0 Å². The first-order chi connectivity index (χ1) is 35.7. The van der Waals surface area contributed by atoms with E-state index in [2.05, 4.69) is 203 Å². The Morgan fingerprint density at radius 1 is 0.292 bits per heavy atom. The van der Waals surface area contributed by atoms with E-state index < -0.39 is 0 Å². The summed E-state index contributed by atoms with van der Waals surface area (Å²) in [5, 5.41) is 13.3. The van der Waals surface area contributed by atoms with Crippen LogP contribution in [-0.4, -0.2) is 24.1 Å². The molecule has 0 amide bonds. The predicted molar refractivity (Wildman–Crippen MR) is 294 cm³/mol. The Morgan fingerprint density at radius 3 is 1.50 bits per heavy atom. The molecule has 0 radical (unpaired) electrons. The van der Waals surface area contributed by atoms with Gasteiger partial charge in [-0.05, 0) is 119 Å². The molecule has 16 rings (SSSR count). The summed E-state index contributed by atoms with van der Waals surface area (Å²) in [6.45, 7) is 0. The minimum Gasteiger partial charge on any atom is -0.456 e. The van der Waals surface area contributed by atoms with Crippen LogP contribution in [-0.2, 0) is 0 Å². The molecule has 0 bridgehead atoms.